The molecule has 0 saturated carbocycles. The van der Waals surface area contributed by atoms with Crippen LogP contribution < -0.4 is 5.56 Å². The Morgan fingerprint density at radius 3 is 2.80 bits per heavy atom. The van der Waals surface area contributed by atoms with Gasteiger partial charge in [-0.2, -0.15) is 4.39 Å². The van der Waals surface area contributed by atoms with Gasteiger partial charge in [0.15, 0.2) is 0 Å². The Morgan fingerprint density at radius 2 is 2.15 bits per heavy atom. The average Bonchev–Trinajstić information content (AvgIpc) is 2.39. The van der Waals surface area contributed by atoms with Crippen LogP contribution in [0, 0.1) is 12.9 Å². The standard InChI is InChI=1S/C14H13FN2O3/c1-3-20-14(19)11-5-4-9(2)17(13(11)18)10-6-7-16-12(15)8-10/h4-8H,3H2,1-2H3. The third-order valence-corrected chi connectivity index (χ3v) is 2.74. The summed E-state index contributed by atoms with van der Waals surface area (Å²) < 4.78 is 19.2. The smallest absolute Gasteiger partial charge is 0.343 e. The van der Waals surface area contributed by atoms with Gasteiger partial charge in [-0.25, -0.2) is 9.78 Å². The molecule has 0 fully saturated rings. The van der Waals surface area contributed by atoms with Crippen LogP contribution >= 0.6 is 0 Å². The molecule has 0 unspecified atom stereocenters. The normalized spacial score (nSPS) is 10.3. The van der Waals surface area contributed by atoms with Crippen molar-refractivity contribution in [2.24, 2.45) is 0 Å². The third kappa shape index (κ3) is 2.59. The number of aryl methyl sites for hydroxylation is 1. The monoisotopic (exact) mass is 276 g/mol. The molecule has 2 rings (SSSR count). The Bertz CT molecular complexity index is 710. The van der Waals surface area contributed by atoms with Crippen molar-refractivity contribution in [3.63, 3.8) is 0 Å². The lowest BCUT2D eigenvalue weighted by molar-refractivity contribution is 0.0524. The first-order chi connectivity index (χ1) is 9.54. The summed E-state index contributed by atoms with van der Waals surface area (Å²) in [5, 5.41) is 0. The summed E-state index contributed by atoms with van der Waals surface area (Å²) in [5.74, 6) is -1.39. The van der Waals surface area contributed by atoms with Gasteiger partial charge in [0.05, 0.1) is 12.3 Å². The molecule has 2 aromatic heterocycles. The first-order valence-electron chi connectivity index (χ1n) is 6.06. The van der Waals surface area contributed by atoms with E-state index >= 15 is 0 Å². The summed E-state index contributed by atoms with van der Waals surface area (Å²) in [5.41, 5.74) is 0.253. The molecule has 0 radical (unpaired) electrons. The van der Waals surface area contributed by atoms with Crippen LogP contribution in [0.4, 0.5) is 4.39 Å². The van der Waals surface area contributed by atoms with Crippen molar-refractivity contribution in [3.05, 3.63) is 58.0 Å². The van der Waals surface area contributed by atoms with Crippen LogP contribution in [-0.4, -0.2) is 22.1 Å². The molecule has 5 nitrogen and oxygen atoms in total. The molecule has 2 aromatic rings. The van der Waals surface area contributed by atoms with Crippen molar-refractivity contribution < 1.29 is 13.9 Å². The van der Waals surface area contributed by atoms with Gasteiger partial charge in [-0.15, -0.1) is 0 Å². The van der Waals surface area contributed by atoms with E-state index in [1.165, 1.54) is 22.9 Å². The summed E-state index contributed by atoms with van der Waals surface area (Å²) in [7, 11) is 0. The maximum Gasteiger partial charge on any atom is 0.343 e. The fourth-order valence-electron chi connectivity index (χ4n) is 1.85. The van der Waals surface area contributed by atoms with Crippen molar-refractivity contribution in [2.45, 2.75) is 13.8 Å². The lowest BCUT2D eigenvalue weighted by atomic mass is 10.2. The molecule has 104 valence electrons. The minimum atomic E-state index is -0.699. The van der Waals surface area contributed by atoms with E-state index in [-0.39, 0.29) is 12.2 Å². The summed E-state index contributed by atoms with van der Waals surface area (Å²) in [6.45, 7) is 3.52. The lowest BCUT2D eigenvalue weighted by Crippen LogP contribution is -2.27. The van der Waals surface area contributed by atoms with Crippen LogP contribution in [0.3, 0.4) is 0 Å². The largest absolute Gasteiger partial charge is 0.462 e. The number of halogens is 1. The number of esters is 1. The molecule has 0 saturated heterocycles. The molecule has 0 aromatic carbocycles. The van der Waals surface area contributed by atoms with Crippen molar-refractivity contribution in [1.82, 2.24) is 9.55 Å². The zero-order chi connectivity index (χ0) is 14.7. The van der Waals surface area contributed by atoms with Crippen LogP contribution in [0.1, 0.15) is 23.0 Å². The van der Waals surface area contributed by atoms with Crippen LogP contribution in [0.2, 0.25) is 0 Å². The minimum Gasteiger partial charge on any atom is -0.462 e. The average molecular weight is 276 g/mol. The topological polar surface area (TPSA) is 61.2 Å². The van der Waals surface area contributed by atoms with Crippen LogP contribution in [-0.2, 0) is 4.74 Å². The maximum absolute atomic E-state index is 13.2. The molecule has 20 heavy (non-hydrogen) atoms. The second kappa shape index (κ2) is 5.64. The van der Waals surface area contributed by atoms with Crippen LogP contribution in [0.15, 0.2) is 35.3 Å². The Hall–Kier alpha value is -2.50. The van der Waals surface area contributed by atoms with E-state index < -0.39 is 17.5 Å². The highest BCUT2D eigenvalue weighted by atomic mass is 19.1. The second-order valence-corrected chi connectivity index (χ2v) is 4.09. The number of carbonyl (C=O) groups is 1. The SMILES string of the molecule is CCOC(=O)c1ccc(C)n(-c2ccnc(F)c2)c1=O. The molecule has 0 bridgehead atoms. The molecule has 0 amide bonds. The van der Waals surface area contributed by atoms with Crippen molar-refractivity contribution >= 4 is 5.97 Å². The van der Waals surface area contributed by atoms with Gasteiger partial charge < -0.3 is 4.74 Å². The molecule has 0 atom stereocenters. The van der Waals surface area contributed by atoms with E-state index in [0.717, 1.165) is 6.07 Å². The number of hydrogen-bond acceptors (Lipinski definition) is 4. The first kappa shape index (κ1) is 13.9. The minimum absolute atomic E-state index is 0.0883. The Morgan fingerprint density at radius 1 is 1.40 bits per heavy atom. The molecule has 6 heteroatoms. The van der Waals surface area contributed by atoms with E-state index in [1.807, 2.05) is 0 Å². The molecule has 2 heterocycles. The predicted octanol–water partition coefficient (Wildman–Crippen LogP) is 1.86. The van der Waals surface area contributed by atoms with Crippen molar-refractivity contribution in [2.75, 3.05) is 6.61 Å². The van der Waals surface area contributed by atoms with Gasteiger partial charge in [0.2, 0.25) is 5.95 Å². The van der Waals surface area contributed by atoms with E-state index in [9.17, 15) is 14.0 Å². The number of carbonyl (C=O) groups excluding carboxylic acids is 1. The number of hydrogen-bond donors (Lipinski definition) is 0. The number of nitrogens with zero attached hydrogens (tertiary/aromatic N) is 2. The number of pyridine rings is 2. The van der Waals surface area contributed by atoms with E-state index in [4.69, 9.17) is 4.74 Å². The van der Waals surface area contributed by atoms with E-state index in [1.54, 1.807) is 19.9 Å². The van der Waals surface area contributed by atoms with E-state index in [2.05, 4.69) is 4.98 Å². The summed E-state index contributed by atoms with van der Waals surface area (Å²) >= 11 is 0. The zero-order valence-corrected chi connectivity index (χ0v) is 11.1. The first-order valence-corrected chi connectivity index (χ1v) is 6.06. The quantitative estimate of drug-likeness (QED) is 0.634. The highest BCUT2D eigenvalue weighted by Crippen LogP contribution is 2.10. The van der Waals surface area contributed by atoms with Crippen LogP contribution in [0.5, 0.6) is 0 Å². The highest BCUT2D eigenvalue weighted by molar-refractivity contribution is 5.89. The molecule has 0 aliphatic heterocycles. The van der Waals surface area contributed by atoms with Gasteiger partial charge >= 0.3 is 5.97 Å². The summed E-state index contributed by atoms with van der Waals surface area (Å²) in [6, 6.07) is 5.63. The Kier molecular flexibility index (Phi) is 3.93. The molecule has 0 N–H and O–H groups in total. The van der Waals surface area contributed by atoms with Crippen molar-refractivity contribution in [1.29, 1.82) is 0 Å². The second-order valence-electron chi connectivity index (χ2n) is 4.09. The highest BCUT2D eigenvalue weighted by Gasteiger charge is 2.15. The molecular formula is C14H13FN2O3. The molecular weight excluding hydrogens is 263 g/mol. The fourth-order valence-corrected chi connectivity index (χ4v) is 1.85. The number of aromatic nitrogens is 2. The predicted molar refractivity (Wildman–Crippen MR) is 70.5 cm³/mol. The van der Waals surface area contributed by atoms with Gasteiger partial charge in [-0.3, -0.25) is 9.36 Å². The van der Waals surface area contributed by atoms with Gasteiger partial charge in [0, 0.05) is 18.0 Å². The van der Waals surface area contributed by atoms with E-state index in [0.29, 0.717) is 11.4 Å². The Labute approximate surface area is 114 Å². The van der Waals surface area contributed by atoms with Gasteiger partial charge in [-0.05, 0) is 32.0 Å². The Balaban J connectivity index is 2.62. The number of ether oxygens (including phenoxy) is 1. The lowest BCUT2D eigenvalue weighted by Gasteiger charge is -2.11. The molecule has 0 spiro atoms. The molecule has 0 aliphatic rings. The fraction of sp³-hybridized carbons (Fsp3) is 0.214. The van der Waals surface area contributed by atoms with Gasteiger partial charge in [0.25, 0.3) is 5.56 Å². The third-order valence-electron chi connectivity index (χ3n) is 2.74. The van der Waals surface area contributed by atoms with Gasteiger partial charge in [0.1, 0.15) is 5.56 Å². The van der Waals surface area contributed by atoms with Gasteiger partial charge in [-0.1, -0.05) is 0 Å². The van der Waals surface area contributed by atoms with Crippen LogP contribution in [0.25, 0.3) is 5.69 Å². The maximum atomic E-state index is 13.2. The molecule has 0 aliphatic carbocycles. The number of rotatable bonds is 3. The summed E-state index contributed by atoms with van der Waals surface area (Å²) in [4.78, 5) is 27.5. The van der Waals surface area contributed by atoms with Crippen molar-refractivity contribution in [3.8, 4) is 5.69 Å². The zero-order valence-electron chi connectivity index (χ0n) is 11.1. The summed E-state index contributed by atoms with van der Waals surface area (Å²) in [6.07, 6.45) is 1.26.